The first-order valence-corrected chi connectivity index (χ1v) is 7.53. The van der Waals surface area contributed by atoms with Gasteiger partial charge in [0.05, 0.1) is 11.9 Å². The lowest BCUT2D eigenvalue weighted by Gasteiger charge is -2.00. The minimum absolute atomic E-state index is 0.0524. The summed E-state index contributed by atoms with van der Waals surface area (Å²) in [6, 6.07) is 11.8. The average molecular weight is 361 g/mol. The molecular formula is C16H13ClN4O4. The van der Waals surface area contributed by atoms with Gasteiger partial charge < -0.3 is 9.25 Å². The van der Waals surface area contributed by atoms with Crippen LogP contribution in [-0.2, 0) is 9.63 Å². The number of carbonyl (C=O) groups is 1. The fraction of sp³-hybridized carbons (Fsp3) is 0.0625. The summed E-state index contributed by atoms with van der Waals surface area (Å²) in [7, 11) is 0. The molecule has 0 fully saturated rings. The molecule has 0 bridgehead atoms. The lowest BCUT2D eigenvalue weighted by molar-refractivity contribution is -0.120. The Hall–Kier alpha value is -3.10. The zero-order valence-corrected chi connectivity index (χ0v) is 13.5. The van der Waals surface area contributed by atoms with Gasteiger partial charge in [0.2, 0.25) is 0 Å². The van der Waals surface area contributed by atoms with Gasteiger partial charge in [-0.05, 0) is 35.9 Å². The number of oxime groups is 1. The van der Waals surface area contributed by atoms with Gasteiger partial charge in [-0.3, -0.25) is 20.8 Å². The minimum atomic E-state index is -0.472. The summed E-state index contributed by atoms with van der Waals surface area (Å²) in [6.07, 6.45) is 1.41. The van der Waals surface area contributed by atoms with E-state index in [2.05, 4.69) is 15.5 Å². The molecule has 0 spiro atoms. The molecule has 0 aliphatic rings. The smallest absolute Gasteiger partial charge is 0.302 e. The van der Waals surface area contributed by atoms with Crippen LogP contribution in [0.1, 0.15) is 5.56 Å². The van der Waals surface area contributed by atoms with Crippen molar-refractivity contribution >= 4 is 46.5 Å². The number of nitrogens with zero attached hydrogens (tertiary/aromatic N) is 2. The van der Waals surface area contributed by atoms with E-state index in [1.54, 1.807) is 42.5 Å². The van der Waals surface area contributed by atoms with Crippen molar-refractivity contribution in [3.8, 4) is 0 Å². The van der Waals surface area contributed by atoms with Crippen molar-refractivity contribution in [1.82, 2.24) is 4.98 Å². The van der Waals surface area contributed by atoms with Crippen LogP contribution in [0.5, 0.6) is 0 Å². The fourth-order valence-electron chi connectivity index (χ4n) is 1.99. The van der Waals surface area contributed by atoms with Crippen LogP contribution < -0.4 is 10.8 Å². The number of hydrogen-bond donors (Lipinski definition) is 3. The number of anilines is 2. The summed E-state index contributed by atoms with van der Waals surface area (Å²) >= 11 is 5.87. The molecule has 128 valence electrons. The topological polar surface area (TPSA) is 109 Å². The summed E-state index contributed by atoms with van der Waals surface area (Å²) in [4.78, 5) is 20.8. The van der Waals surface area contributed by atoms with Gasteiger partial charge in [-0.15, -0.1) is 0 Å². The number of hydrogen-bond acceptors (Lipinski definition) is 7. The third-order valence-electron chi connectivity index (χ3n) is 3.08. The van der Waals surface area contributed by atoms with E-state index in [-0.39, 0.29) is 12.6 Å². The highest BCUT2D eigenvalue weighted by Gasteiger charge is 2.10. The Morgan fingerprint density at radius 3 is 3.08 bits per heavy atom. The Balaban J connectivity index is 1.52. The van der Waals surface area contributed by atoms with E-state index < -0.39 is 5.91 Å². The third kappa shape index (κ3) is 4.46. The van der Waals surface area contributed by atoms with Gasteiger partial charge in [0.15, 0.2) is 12.2 Å². The predicted octanol–water partition coefficient (Wildman–Crippen LogP) is 3.27. The van der Waals surface area contributed by atoms with Gasteiger partial charge in [0, 0.05) is 5.02 Å². The number of rotatable bonds is 6. The van der Waals surface area contributed by atoms with Gasteiger partial charge >= 0.3 is 6.01 Å². The molecule has 0 saturated carbocycles. The van der Waals surface area contributed by atoms with Gasteiger partial charge in [-0.25, -0.2) is 0 Å². The number of fused-ring (bicyclic) bond motifs is 1. The highest BCUT2D eigenvalue weighted by molar-refractivity contribution is 6.31. The molecule has 1 amide bonds. The summed E-state index contributed by atoms with van der Waals surface area (Å²) in [5.74, 6) is -0.472. The van der Waals surface area contributed by atoms with E-state index in [0.717, 1.165) is 0 Å². The SMILES string of the molecule is O=C(CO/N=C\c1cccc(NO)c1)Nc1nc2cc(Cl)ccc2o1. The molecule has 2 aromatic carbocycles. The minimum Gasteiger partial charge on any atom is -0.423 e. The number of aromatic nitrogens is 1. The van der Waals surface area contributed by atoms with Crippen molar-refractivity contribution in [2.24, 2.45) is 5.16 Å². The van der Waals surface area contributed by atoms with Crippen molar-refractivity contribution in [2.75, 3.05) is 17.4 Å². The second-order valence-electron chi connectivity index (χ2n) is 4.92. The van der Waals surface area contributed by atoms with Gasteiger partial charge in [0.25, 0.3) is 5.91 Å². The molecule has 3 rings (SSSR count). The number of oxazole rings is 1. The quantitative estimate of drug-likeness (QED) is 0.460. The van der Waals surface area contributed by atoms with Crippen LogP contribution >= 0.6 is 11.6 Å². The normalized spacial score (nSPS) is 11.0. The maximum absolute atomic E-state index is 11.8. The molecule has 0 unspecified atom stereocenters. The van der Waals surface area contributed by atoms with Gasteiger partial charge in [0.1, 0.15) is 5.52 Å². The first-order valence-electron chi connectivity index (χ1n) is 7.15. The Morgan fingerprint density at radius 1 is 1.36 bits per heavy atom. The zero-order valence-electron chi connectivity index (χ0n) is 12.8. The van der Waals surface area contributed by atoms with E-state index in [1.807, 2.05) is 5.48 Å². The van der Waals surface area contributed by atoms with E-state index in [9.17, 15) is 4.79 Å². The lowest BCUT2D eigenvalue weighted by Crippen LogP contribution is -2.17. The molecule has 0 radical (unpaired) electrons. The monoisotopic (exact) mass is 360 g/mol. The van der Waals surface area contributed by atoms with Gasteiger partial charge in [-0.2, -0.15) is 4.98 Å². The van der Waals surface area contributed by atoms with Crippen LogP contribution in [0.2, 0.25) is 5.02 Å². The molecule has 1 aromatic heterocycles. The number of amides is 1. The van der Waals surface area contributed by atoms with Crippen molar-refractivity contribution < 1.29 is 19.3 Å². The summed E-state index contributed by atoms with van der Waals surface area (Å²) in [5.41, 5.74) is 4.28. The summed E-state index contributed by atoms with van der Waals surface area (Å²) < 4.78 is 5.37. The Kier molecular flexibility index (Phi) is 5.12. The molecule has 1 heterocycles. The molecule has 3 N–H and O–H groups in total. The predicted molar refractivity (Wildman–Crippen MR) is 93.0 cm³/mol. The van der Waals surface area contributed by atoms with Gasteiger partial charge in [-0.1, -0.05) is 28.9 Å². The van der Waals surface area contributed by atoms with E-state index >= 15 is 0 Å². The van der Waals surface area contributed by atoms with Crippen molar-refractivity contribution in [2.45, 2.75) is 0 Å². The zero-order chi connectivity index (χ0) is 17.6. The molecule has 3 aromatic rings. The second kappa shape index (κ2) is 7.65. The van der Waals surface area contributed by atoms with Crippen LogP contribution in [0.4, 0.5) is 11.7 Å². The lowest BCUT2D eigenvalue weighted by atomic mass is 10.2. The van der Waals surface area contributed by atoms with Crippen LogP contribution in [-0.4, -0.2) is 28.9 Å². The highest BCUT2D eigenvalue weighted by Crippen LogP contribution is 2.22. The molecule has 9 heteroatoms. The fourth-order valence-corrected chi connectivity index (χ4v) is 2.16. The number of carbonyl (C=O) groups excluding carboxylic acids is 1. The molecular weight excluding hydrogens is 348 g/mol. The molecule has 8 nitrogen and oxygen atoms in total. The Labute approximate surface area is 147 Å². The summed E-state index contributed by atoms with van der Waals surface area (Å²) in [6.45, 7) is -0.312. The molecule has 25 heavy (non-hydrogen) atoms. The van der Waals surface area contributed by atoms with Crippen LogP contribution in [0.15, 0.2) is 52.0 Å². The van der Waals surface area contributed by atoms with Crippen molar-refractivity contribution in [3.63, 3.8) is 0 Å². The number of benzene rings is 2. The molecule has 0 aliphatic carbocycles. The van der Waals surface area contributed by atoms with E-state index in [0.29, 0.717) is 27.4 Å². The van der Waals surface area contributed by atoms with Crippen LogP contribution in [0, 0.1) is 0 Å². The molecule has 0 atom stereocenters. The Bertz CT molecular complexity index is 925. The Morgan fingerprint density at radius 2 is 2.24 bits per heavy atom. The highest BCUT2D eigenvalue weighted by atomic mass is 35.5. The number of nitrogens with one attached hydrogen (secondary N) is 2. The largest absolute Gasteiger partial charge is 0.423 e. The first-order chi connectivity index (χ1) is 12.1. The second-order valence-corrected chi connectivity index (χ2v) is 5.36. The molecule has 0 aliphatic heterocycles. The third-order valence-corrected chi connectivity index (χ3v) is 3.32. The van der Waals surface area contributed by atoms with E-state index in [4.69, 9.17) is 26.1 Å². The van der Waals surface area contributed by atoms with E-state index in [1.165, 1.54) is 6.21 Å². The first kappa shape index (κ1) is 16.7. The number of halogens is 1. The molecule has 0 saturated heterocycles. The van der Waals surface area contributed by atoms with Crippen molar-refractivity contribution in [3.05, 3.63) is 53.1 Å². The maximum atomic E-state index is 11.8. The maximum Gasteiger partial charge on any atom is 0.302 e. The van der Waals surface area contributed by atoms with Crippen LogP contribution in [0.25, 0.3) is 11.1 Å². The summed E-state index contributed by atoms with van der Waals surface area (Å²) in [5, 5.41) is 15.5. The van der Waals surface area contributed by atoms with Crippen LogP contribution in [0.3, 0.4) is 0 Å². The average Bonchev–Trinajstić information content (AvgIpc) is 3.00. The van der Waals surface area contributed by atoms with Crippen molar-refractivity contribution in [1.29, 1.82) is 0 Å². The standard InChI is InChI=1S/C16H13ClN4O4/c17-11-4-5-14-13(7-11)19-16(25-14)20-15(22)9-24-18-8-10-2-1-3-12(6-10)21-23/h1-8,21,23H,9H2,(H,19,20,22)/b18-8-.